The Morgan fingerprint density at radius 2 is 1.88 bits per heavy atom. The summed E-state index contributed by atoms with van der Waals surface area (Å²) in [7, 11) is 0. The van der Waals surface area contributed by atoms with Crippen LogP contribution in [0.5, 0.6) is 11.5 Å². The van der Waals surface area contributed by atoms with Crippen LogP contribution in [0.2, 0.25) is 0 Å². The lowest BCUT2D eigenvalue weighted by Gasteiger charge is -2.29. The fourth-order valence-electron chi connectivity index (χ4n) is 1.43. The molecule has 0 unspecified atom stereocenters. The molecule has 0 saturated carbocycles. The second-order valence-corrected chi connectivity index (χ2v) is 5.56. The Kier molecular flexibility index (Phi) is 4.40. The lowest BCUT2D eigenvalue weighted by atomic mass is 9.81. The van der Waals surface area contributed by atoms with Crippen LogP contribution in [-0.4, -0.2) is 16.8 Å². The smallest absolute Gasteiger partial charge is 0.123 e. The molecule has 0 aromatic heterocycles. The van der Waals surface area contributed by atoms with Gasteiger partial charge in [0.25, 0.3) is 0 Å². The molecule has 1 aromatic carbocycles. The lowest BCUT2D eigenvalue weighted by Crippen LogP contribution is -2.33. The van der Waals surface area contributed by atoms with E-state index in [-0.39, 0.29) is 16.9 Å². The molecule has 0 aliphatic rings. The van der Waals surface area contributed by atoms with Crippen LogP contribution in [0.15, 0.2) is 18.2 Å². The van der Waals surface area contributed by atoms with Gasteiger partial charge < -0.3 is 15.5 Å². The Morgan fingerprint density at radius 1 is 1.24 bits per heavy atom. The minimum atomic E-state index is 0.0914. The molecule has 0 fully saturated rings. The number of nitrogens with one attached hydrogen (secondary N) is 1. The van der Waals surface area contributed by atoms with E-state index in [9.17, 15) is 10.2 Å². The van der Waals surface area contributed by atoms with Crippen molar-refractivity contribution in [1.82, 2.24) is 5.32 Å². The molecule has 0 atom stereocenters. The van der Waals surface area contributed by atoms with Crippen molar-refractivity contribution in [2.75, 3.05) is 6.54 Å². The van der Waals surface area contributed by atoms with Gasteiger partial charge >= 0.3 is 0 Å². The highest BCUT2D eigenvalue weighted by Crippen LogP contribution is 2.26. The average molecular weight is 237 g/mol. The molecule has 0 saturated heterocycles. The summed E-state index contributed by atoms with van der Waals surface area (Å²) >= 11 is 0. The second kappa shape index (κ2) is 5.41. The van der Waals surface area contributed by atoms with Crippen molar-refractivity contribution in [3.05, 3.63) is 23.8 Å². The van der Waals surface area contributed by atoms with Gasteiger partial charge in [-0.2, -0.15) is 0 Å². The van der Waals surface area contributed by atoms with Crippen LogP contribution < -0.4 is 5.32 Å². The normalized spacial score (nSPS) is 12.1. The molecule has 0 aliphatic carbocycles. The number of benzene rings is 1. The molecule has 17 heavy (non-hydrogen) atoms. The van der Waals surface area contributed by atoms with E-state index in [0.29, 0.717) is 12.5 Å². The number of rotatable bonds is 5. The average Bonchev–Trinajstić information content (AvgIpc) is 2.21. The summed E-state index contributed by atoms with van der Waals surface area (Å²) < 4.78 is 0. The first-order valence-electron chi connectivity index (χ1n) is 6.04. The zero-order valence-electron chi connectivity index (χ0n) is 11.1. The van der Waals surface area contributed by atoms with Gasteiger partial charge in [-0.1, -0.05) is 33.8 Å². The van der Waals surface area contributed by atoms with E-state index >= 15 is 0 Å². The van der Waals surface area contributed by atoms with Crippen molar-refractivity contribution in [2.24, 2.45) is 11.3 Å². The van der Waals surface area contributed by atoms with Crippen LogP contribution in [0.4, 0.5) is 0 Å². The summed E-state index contributed by atoms with van der Waals surface area (Å²) in [5.74, 6) is 0.831. The fourth-order valence-corrected chi connectivity index (χ4v) is 1.43. The number of phenols is 2. The third-order valence-corrected chi connectivity index (χ3v) is 3.53. The zero-order valence-corrected chi connectivity index (χ0v) is 11.1. The van der Waals surface area contributed by atoms with Crippen molar-refractivity contribution in [2.45, 2.75) is 34.2 Å². The van der Waals surface area contributed by atoms with Crippen molar-refractivity contribution in [3.63, 3.8) is 0 Å². The third-order valence-electron chi connectivity index (χ3n) is 3.53. The maximum absolute atomic E-state index is 9.63. The highest BCUT2D eigenvalue weighted by molar-refractivity contribution is 5.38. The SMILES string of the molecule is CC(C)C(C)(C)CNCc1ccc(O)cc1O. The van der Waals surface area contributed by atoms with E-state index in [0.717, 1.165) is 12.1 Å². The molecule has 0 amide bonds. The lowest BCUT2D eigenvalue weighted by molar-refractivity contribution is 0.237. The summed E-state index contributed by atoms with van der Waals surface area (Å²) in [6.07, 6.45) is 0. The van der Waals surface area contributed by atoms with Gasteiger partial charge in [-0.15, -0.1) is 0 Å². The first kappa shape index (κ1) is 13.8. The quantitative estimate of drug-likeness (QED) is 0.738. The summed E-state index contributed by atoms with van der Waals surface area (Å²) in [6.45, 7) is 10.4. The van der Waals surface area contributed by atoms with E-state index in [1.165, 1.54) is 6.07 Å². The van der Waals surface area contributed by atoms with E-state index < -0.39 is 0 Å². The van der Waals surface area contributed by atoms with Gasteiger partial charge in [-0.05, 0) is 17.4 Å². The Labute approximate surface area is 103 Å². The third kappa shape index (κ3) is 3.93. The van der Waals surface area contributed by atoms with Gasteiger partial charge in [0.2, 0.25) is 0 Å². The number of hydrogen-bond donors (Lipinski definition) is 3. The van der Waals surface area contributed by atoms with Crippen LogP contribution in [0.3, 0.4) is 0 Å². The molecule has 0 heterocycles. The molecular formula is C14H23NO2. The van der Waals surface area contributed by atoms with Crippen LogP contribution in [0.1, 0.15) is 33.3 Å². The van der Waals surface area contributed by atoms with E-state index in [1.54, 1.807) is 12.1 Å². The minimum absolute atomic E-state index is 0.0914. The Balaban J connectivity index is 2.51. The monoisotopic (exact) mass is 237 g/mol. The molecule has 3 heteroatoms. The Morgan fingerprint density at radius 3 is 2.41 bits per heavy atom. The molecule has 3 nitrogen and oxygen atoms in total. The van der Waals surface area contributed by atoms with Gasteiger partial charge in [0.15, 0.2) is 0 Å². The molecule has 1 rings (SSSR count). The van der Waals surface area contributed by atoms with Crippen molar-refractivity contribution < 1.29 is 10.2 Å². The molecule has 3 N–H and O–H groups in total. The molecule has 0 bridgehead atoms. The van der Waals surface area contributed by atoms with Gasteiger partial charge in [0.1, 0.15) is 11.5 Å². The molecule has 0 radical (unpaired) electrons. The van der Waals surface area contributed by atoms with Gasteiger partial charge in [-0.25, -0.2) is 0 Å². The summed E-state index contributed by atoms with van der Waals surface area (Å²) in [4.78, 5) is 0. The molecule has 0 spiro atoms. The predicted molar refractivity (Wildman–Crippen MR) is 70.1 cm³/mol. The standard InChI is InChI=1S/C14H23NO2/c1-10(2)14(3,4)9-15-8-11-5-6-12(16)7-13(11)17/h5-7,10,15-17H,8-9H2,1-4H3. The second-order valence-electron chi connectivity index (χ2n) is 5.56. The van der Waals surface area contributed by atoms with Crippen molar-refractivity contribution in [1.29, 1.82) is 0 Å². The number of aromatic hydroxyl groups is 2. The van der Waals surface area contributed by atoms with E-state index in [4.69, 9.17) is 0 Å². The first-order valence-corrected chi connectivity index (χ1v) is 6.04. The van der Waals surface area contributed by atoms with Gasteiger partial charge in [0, 0.05) is 24.7 Å². The van der Waals surface area contributed by atoms with Gasteiger partial charge in [-0.3, -0.25) is 0 Å². The minimum Gasteiger partial charge on any atom is -0.508 e. The molecular weight excluding hydrogens is 214 g/mol. The van der Waals surface area contributed by atoms with E-state index in [2.05, 4.69) is 33.0 Å². The molecule has 1 aromatic rings. The molecule has 0 aliphatic heterocycles. The fraction of sp³-hybridized carbons (Fsp3) is 0.571. The maximum Gasteiger partial charge on any atom is 0.123 e. The van der Waals surface area contributed by atoms with Gasteiger partial charge in [0.05, 0.1) is 0 Å². The topological polar surface area (TPSA) is 52.5 Å². The summed E-state index contributed by atoms with van der Waals surface area (Å²) in [5.41, 5.74) is 1.04. The van der Waals surface area contributed by atoms with E-state index in [1.807, 2.05) is 0 Å². The molecule has 96 valence electrons. The van der Waals surface area contributed by atoms with Crippen molar-refractivity contribution >= 4 is 0 Å². The zero-order chi connectivity index (χ0) is 13.1. The highest BCUT2D eigenvalue weighted by Gasteiger charge is 2.21. The largest absolute Gasteiger partial charge is 0.508 e. The van der Waals surface area contributed by atoms with Crippen LogP contribution in [-0.2, 0) is 6.54 Å². The van der Waals surface area contributed by atoms with Crippen LogP contribution >= 0.6 is 0 Å². The maximum atomic E-state index is 9.63. The summed E-state index contributed by atoms with van der Waals surface area (Å²) in [5, 5.41) is 22.2. The highest BCUT2D eigenvalue weighted by atomic mass is 16.3. The number of hydrogen-bond acceptors (Lipinski definition) is 3. The first-order chi connectivity index (χ1) is 7.83. The number of phenolic OH excluding ortho intramolecular Hbond substituents is 2. The Bertz CT molecular complexity index is 372. The van der Waals surface area contributed by atoms with Crippen LogP contribution in [0, 0.1) is 11.3 Å². The predicted octanol–water partition coefficient (Wildman–Crippen LogP) is 2.87. The summed E-state index contributed by atoms with van der Waals surface area (Å²) in [6, 6.07) is 4.69. The van der Waals surface area contributed by atoms with Crippen molar-refractivity contribution in [3.8, 4) is 11.5 Å². The Hall–Kier alpha value is -1.22. The van der Waals surface area contributed by atoms with Crippen LogP contribution in [0.25, 0.3) is 0 Å².